The molecule has 0 saturated heterocycles. The van der Waals surface area contributed by atoms with Crippen molar-refractivity contribution in [1.82, 2.24) is 10.1 Å². The van der Waals surface area contributed by atoms with E-state index in [1.165, 1.54) is 0 Å². The molecule has 0 amide bonds. The van der Waals surface area contributed by atoms with E-state index in [-0.39, 0.29) is 5.75 Å². The Bertz CT molecular complexity index is 614. The summed E-state index contributed by atoms with van der Waals surface area (Å²) in [5.41, 5.74) is 0.790. The first kappa shape index (κ1) is 10.0. The number of aromatic nitrogens is 2. The van der Waals surface area contributed by atoms with E-state index in [0.29, 0.717) is 11.7 Å². The van der Waals surface area contributed by atoms with Gasteiger partial charge in [0.2, 0.25) is 5.82 Å². The van der Waals surface area contributed by atoms with Crippen LogP contribution in [0, 0.1) is 0 Å². The molecule has 0 fully saturated rings. The Labute approximate surface area is 101 Å². The highest BCUT2D eigenvalue weighted by Crippen LogP contribution is 2.25. The Morgan fingerprint density at radius 1 is 1.12 bits per heavy atom. The number of thiophene rings is 1. The van der Waals surface area contributed by atoms with E-state index in [0.717, 1.165) is 10.4 Å². The summed E-state index contributed by atoms with van der Waals surface area (Å²) in [5, 5.41) is 15.1. The molecular weight excluding hydrogens is 236 g/mol. The summed E-state index contributed by atoms with van der Waals surface area (Å²) >= 11 is 1.56. The number of benzene rings is 1. The van der Waals surface area contributed by atoms with Crippen molar-refractivity contribution in [3.05, 3.63) is 41.8 Å². The van der Waals surface area contributed by atoms with Crippen molar-refractivity contribution in [2.75, 3.05) is 0 Å². The van der Waals surface area contributed by atoms with Crippen molar-refractivity contribution in [1.29, 1.82) is 0 Å². The summed E-state index contributed by atoms with van der Waals surface area (Å²) in [6.07, 6.45) is 0. The maximum Gasteiger partial charge on any atom is 0.258 e. The normalized spacial score (nSPS) is 10.6. The number of phenolic OH excluding ortho intramolecular Hbond substituents is 1. The second-order valence-electron chi connectivity index (χ2n) is 3.45. The summed E-state index contributed by atoms with van der Waals surface area (Å²) in [4.78, 5) is 5.27. The van der Waals surface area contributed by atoms with Crippen LogP contribution < -0.4 is 0 Å². The van der Waals surface area contributed by atoms with Crippen LogP contribution in [0.15, 0.2) is 46.3 Å². The molecule has 3 rings (SSSR count). The van der Waals surface area contributed by atoms with Crippen LogP contribution >= 0.6 is 11.3 Å². The quantitative estimate of drug-likeness (QED) is 0.752. The van der Waals surface area contributed by atoms with Gasteiger partial charge in [0.15, 0.2) is 0 Å². The second kappa shape index (κ2) is 4.03. The molecule has 5 heteroatoms. The van der Waals surface area contributed by atoms with Crippen LogP contribution in [0.2, 0.25) is 0 Å². The lowest BCUT2D eigenvalue weighted by atomic mass is 10.2. The van der Waals surface area contributed by atoms with Gasteiger partial charge in [0.25, 0.3) is 5.89 Å². The molecule has 0 radical (unpaired) electrons. The van der Waals surface area contributed by atoms with E-state index in [4.69, 9.17) is 4.52 Å². The van der Waals surface area contributed by atoms with Gasteiger partial charge in [0, 0.05) is 5.56 Å². The molecule has 1 aromatic carbocycles. The van der Waals surface area contributed by atoms with Gasteiger partial charge < -0.3 is 9.63 Å². The largest absolute Gasteiger partial charge is 0.508 e. The molecule has 0 atom stereocenters. The molecule has 84 valence electrons. The molecule has 2 aromatic heterocycles. The van der Waals surface area contributed by atoms with Crippen LogP contribution in [0.1, 0.15) is 0 Å². The summed E-state index contributed by atoms with van der Waals surface area (Å²) in [5.74, 6) is 1.25. The van der Waals surface area contributed by atoms with Gasteiger partial charge in [0.05, 0.1) is 4.88 Å². The highest BCUT2D eigenvalue weighted by Gasteiger charge is 2.10. The molecular formula is C12H8N2O2S. The zero-order valence-corrected chi connectivity index (χ0v) is 9.52. The molecule has 0 aliphatic rings. The molecule has 0 aliphatic heterocycles. The molecule has 2 heterocycles. The summed E-state index contributed by atoms with van der Waals surface area (Å²) < 4.78 is 5.18. The lowest BCUT2D eigenvalue weighted by Gasteiger charge is -1.93. The highest BCUT2D eigenvalue weighted by molar-refractivity contribution is 7.13. The van der Waals surface area contributed by atoms with E-state index >= 15 is 0 Å². The van der Waals surface area contributed by atoms with Crippen LogP contribution in [0.4, 0.5) is 0 Å². The average Bonchev–Trinajstić information content (AvgIpc) is 3.00. The fraction of sp³-hybridized carbons (Fsp3) is 0. The van der Waals surface area contributed by atoms with Crippen molar-refractivity contribution >= 4 is 11.3 Å². The summed E-state index contributed by atoms with van der Waals surface area (Å²) in [6, 6.07) is 10.5. The minimum atomic E-state index is 0.215. The first-order chi connectivity index (χ1) is 8.33. The molecule has 3 aromatic rings. The molecule has 0 unspecified atom stereocenters. The minimum Gasteiger partial charge on any atom is -0.508 e. The molecule has 0 saturated carbocycles. The van der Waals surface area contributed by atoms with Gasteiger partial charge in [0.1, 0.15) is 5.75 Å². The van der Waals surface area contributed by atoms with Gasteiger partial charge >= 0.3 is 0 Å². The lowest BCUT2D eigenvalue weighted by molar-refractivity contribution is 0.432. The minimum absolute atomic E-state index is 0.215. The standard InChI is InChI=1S/C12H8N2O2S/c15-9-5-3-8(4-6-9)12-13-11(14-16-12)10-2-1-7-17-10/h1-7,15H. The van der Waals surface area contributed by atoms with E-state index in [1.54, 1.807) is 35.6 Å². The monoisotopic (exact) mass is 244 g/mol. The SMILES string of the molecule is Oc1ccc(-c2nc(-c3cccs3)no2)cc1. The molecule has 0 spiro atoms. The number of rotatable bonds is 2. The van der Waals surface area contributed by atoms with E-state index in [9.17, 15) is 5.11 Å². The predicted octanol–water partition coefficient (Wildman–Crippen LogP) is 3.17. The Balaban J connectivity index is 1.98. The van der Waals surface area contributed by atoms with Crippen molar-refractivity contribution in [3.8, 4) is 27.9 Å². The van der Waals surface area contributed by atoms with E-state index in [1.807, 2.05) is 17.5 Å². The van der Waals surface area contributed by atoms with Crippen molar-refractivity contribution in [2.24, 2.45) is 0 Å². The fourth-order valence-corrected chi connectivity index (χ4v) is 2.10. The Morgan fingerprint density at radius 2 is 1.94 bits per heavy atom. The van der Waals surface area contributed by atoms with Crippen LogP contribution in [-0.4, -0.2) is 15.2 Å². The molecule has 0 bridgehead atoms. The third kappa shape index (κ3) is 1.92. The zero-order valence-electron chi connectivity index (χ0n) is 8.70. The third-order valence-electron chi connectivity index (χ3n) is 2.28. The topological polar surface area (TPSA) is 59.2 Å². The van der Waals surface area contributed by atoms with Crippen molar-refractivity contribution in [2.45, 2.75) is 0 Å². The van der Waals surface area contributed by atoms with Gasteiger partial charge in [-0.3, -0.25) is 0 Å². The Hall–Kier alpha value is -2.14. The summed E-state index contributed by atoms with van der Waals surface area (Å²) in [7, 11) is 0. The molecule has 0 aliphatic carbocycles. The number of phenols is 1. The lowest BCUT2D eigenvalue weighted by Crippen LogP contribution is -1.77. The maximum absolute atomic E-state index is 9.19. The van der Waals surface area contributed by atoms with Gasteiger partial charge in [-0.15, -0.1) is 11.3 Å². The first-order valence-corrected chi connectivity index (χ1v) is 5.88. The highest BCUT2D eigenvalue weighted by atomic mass is 32.1. The zero-order chi connectivity index (χ0) is 11.7. The molecule has 17 heavy (non-hydrogen) atoms. The van der Waals surface area contributed by atoms with Gasteiger partial charge in [-0.2, -0.15) is 4.98 Å². The molecule has 1 N–H and O–H groups in total. The Kier molecular flexibility index (Phi) is 2.38. The number of hydrogen-bond acceptors (Lipinski definition) is 5. The third-order valence-corrected chi connectivity index (χ3v) is 3.15. The van der Waals surface area contributed by atoms with E-state index in [2.05, 4.69) is 10.1 Å². The van der Waals surface area contributed by atoms with Crippen molar-refractivity contribution in [3.63, 3.8) is 0 Å². The average molecular weight is 244 g/mol. The van der Waals surface area contributed by atoms with Crippen molar-refractivity contribution < 1.29 is 9.63 Å². The number of hydrogen-bond donors (Lipinski definition) is 1. The van der Waals surface area contributed by atoms with Crippen LogP contribution in [0.25, 0.3) is 22.2 Å². The number of aromatic hydroxyl groups is 1. The van der Waals surface area contributed by atoms with Crippen LogP contribution in [-0.2, 0) is 0 Å². The predicted molar refractivity (Wildman–Crippen MR) is 64.7 cm³/mol. The Morgan fingerprint density at radius 3 is 2.65 bits per heavy atom. The molecule has 4 nitrogen and oxygen atoms in total. The van der Waals surface area contributed by atoms with Gasteiger partial charge in [-0.1, -0.05) is 11.2 Å². The first-order valence-electron chi connectivity index (χ1n) is 5.00. The maximum atomic E-state index is 9.19. The second-order valence-corrected chi connectivity index (χ2v) is 4.40. The van der Waals surface area contributed by atoms with Gasteiger partial charge in [-0.25, -0.2) is 0 Å². The van der Waals surface area contributed by atoms with E-state index < -0.39 is 0 Å². The van der Waals surface area contributed by atoms with Crippen LogP contribution in [0.3, 0.4) is 0 Å². The van der Waals surface area contributed by atoms with Gasteiger partial charge in [-0.05, 0) is 35.7 Å². The smallest absolute Gasteiger partial charge is 0.258 e. The summed E-state index contributed by atoms with van der Waals surface area (Å²) in [6.45, 7) is 0. The fourth-order valence-electron chi connectivity index (χ4n) is 1.45. The number of nitrogens with zero attached hydrogens (tertiary/aromatic N) is 2. The van der Waals surface area contributed by atoms with Crippen LogP contribution in [0.5, 0.6) is 5.75 Å².